The molecule has 0 aliphatic rings. The first kappa shape index (κ1) is 32.0. The summed E-state index contributed by atoms with van der Waals surface area (Å²) in [6, 6.07) is 72.2. The molecule has 0 aliphatic heterocycles. The van der Waals surface area contributed by atoms with E-state index in [1.165, 1.54) is 69.5 Å². The highest BCUT2D eigenvalue weighted by Crippen LogP contribution is 2.51. The van der Waals surface area contributed by atoms with Gasteiger partial charge in [0.1, 0.15) is 0 Å². The standard InChI is InChI=1S/C53H33N3S/c1-4-16-35(17-5-1)43-32-37(33-44(54-43)36-18-6-2-7-19-36)34-28-30-39(31-29-34)56-46-26-14-11-23-41(46)49-48-40-22-10-13-25-45(40)55(38-20-8-3-9-21-38)51(48)50-42-24-12-15-27-47(42)57-53(50)52(49)56/h1-33H. The summed E-state index contributed by atoms with van der Waals surface area (Å²) in [6.45, 7) is 0. The van der Waals surface area contributed by atoms with Gasteiger partial charge < -0.3 is 9.13 Å². The zero-order chi connectivity index (χ0) is 37.5. The molecule has 12 aromatic rings. The van der Waals surface area contributed by atoms with Gasteiger partial charge in [-0.3, -0.25) is 0 Å². The summed E-state index contributed by atoms with van der Waals surface area (Å²) in [5.41, 5.74) is 13.7. The van der Waals surface area contributed by atoms with Gasteiger partial charge in [-0.25, -0.2) is 4.98 Å². The van der Waals surface area contributed by atoms with Crippen molar-refractivity contribution in [1.29, 1.82) is 0 Å². The van der Waals surface area contributed by atoms with E-state index in [4.69, 9.17) is 4.98 Å². The Bertz CT molecular complexity index is 3430. The second-order valence-electron chi connectivity index (χ2n) is 14.7. The highest BCUT2D eigenvalue weighted by atomic mass is 32.1. The van der Waals surface area contributed by atoms with Gasteiger partial charge in [-0.05, 0) is 65.7 Å². The fraction of sp³-hybridized carbons (Fsp3) is 0. The van der Waals surface area contributed by atoms with Gasteiger partial charge in [0.15, 0.2) is 0 Å². The predicted octanol–water partition coefficient (Wildman–Crippen LogP) is 14.6. The van der Waals surface area contributed by atoms with Crippen LogP contribution in [0.5, 0.6) is 0 Å². The second-order valence-corrected chi connectivity index (χ2v) is 15.7. The van der Waals surface area contributed by atoms with Crippen LogP contribution in [0.1, 0.15) is 0 Å². The molecule has 4 heteroatoms. The minimum atomic E-state index is 0.962. The van der Waals surface area contributed by atoms with Crippen LogP contribution >= 0.6 is 11.3 Å². The molecule has 0 radical (unpaired) electrons. The molecule has 0 bridgehead atoms. The van der Waals surface area contributed by atoms with Gasteiger partial charge in [0.25, 0.3) is 0 Å². The number of pyridine rings is 1. The number of benzene rings is 8. The third-order valence-electron chi connectivity index (χ3n) is 11.5. The van der Waals surface area contributed by atoms with Gasteiger partial charge in [0.05, 0.1) is 38.2 Å². The van der Waals surface area contributed by atoms with E-state index >= 15 is 0 Å². The number of para-hydroxylation sites is 3. The summed E-state index contributed by atoms with van der Waals surface area (Å²) in [5, 5.41) is 7.70. The molecule has 8 aromatic carbocycles. The maximum atomic E-state index is 5.14. The van der Waals surface area contributed by atoms with Crippen molar-refractivity contribution in [1.82, 2.24) is 14.1 Å². The van der Waals surface area contributed by atoms with Crippen molar-refractivity contribution in [2.45, 2.75) is 0 Å². The highest BCUT2D eigenvalue weighted by Gasteiger charge is 2.26. The minimum absolute atomic E-state index is 0.962. The molecule has 0 fully saturated rings. The number of hydrogen-bond donors (Lipinski definition) is 0. The molecule has 12 rings (SSSR count). The molecule has 0 unspecified atom stereocenters. The van der Waals surface area contributed by atoms with Gasteiger partial charge in [-0.15, -0.1) is 11.3 Å². The lowest BCUT2D eigenvalue weighted by Crippen LogP contribution is -1.96. The van der Waals surface area contributed by atoms with Crippen LogP contribution in [0.25, 0.3) is 109 Å². The summed E-state index contributed by atoms with van der Waals surface area (Å²) in [6.07, 6.45) is 0. The quantitative estimate of drug-likeness (QED) is 0.172. The maximum absolute atomic E-state index is 5.14. The summed E-state index contributed by atoms with van der Waals surface area (Å²) in [7, 11) is 0. The first-order valence-electron chi connectivity index (χ1n) is 19.4. The van der Waals surface area contributed by atoms with Gasteiger partial charge in [0.2, 0.25) is 0 Å². The van der Waals surface area contributed by atoms with Crippen LogP contribution in [0, 0.1) is 0 Å². The van der Waals surface area contributed by atoms with Crippen LogP contribution in [0.2, 0.25) is 0 Å². The molecule has 4 aromatic heterocycles. The maximum Gasteiger partial charge on any atom is 0.0727 e. The van der Waals surface area contributed by atoms with Crippen molar-refractivity contribution in [2.75, 3.05) is 0 Å². The largest absolute Gasteiger partial charge is 0.309 e. The van der Waals surface area contributed by atoms with Crippen molar-refractivity contribution < 1.29 is 0 Å². The highest BCUT2D eigenvalue weighted by molar-refractivity contribution is 7.27. The van der Waals surface area contributed by atoms with E-state index in [-0.39, 0.29) is 0 Å². The molecule has 0 saturated heterocycles. The number of thiophene rings is 1. The Kier molecular flexibility index (Phi) is 7.10. The average molecular weight is 744 g/mol. The molecule has 3 nitrogen and oxygen atoms in total. The Hall–Kier alpha value is -7.27. The third kappa shape index (κ3) is 4.88. The van der Waals surface area contributed by atoms with E-state index in [1.54, 1.807) is 0 Å². The number of rotatable bonds is 5. The first-order valence-corrected chi connectivity index (χ1v) is 20.2. The lowest BCUT2D eigenvalue weighted by molar-refractivity contribution is 1.18. The van der Waals surface area contributed by atoms with Gasteiger partial charge in [-0.1, -0.05) is 146 Å². The Morgan fingerprint density at radius 1 is 0.351 bits per heavy atom. The van der Waals surface area contributed by atoms with E-state index in [2.05, 4.69) is 209 Å². The summed E-state index contributed by atoms with van der Waals surface area (Å²) < 4.78 is 7.60. The van der Waals surface area contributed by atoms with Crippen LogP contribution in [0.3, 0.4) is 0 Å². The van der Waals surface area contributed by atoms with Crippen LogP contribution in [-0.2, 0) is 0 Å². The predicted molar refractivity (Wildman–Crippen MR) is 242 cm³/mol. The van der Waals surface area contributed by atoms with Gasteiger partial charge in [-0.2, -0.15) is 0 Å². The Morgan fingerprint density at radius 2 is 0.825 bits per heavy atom. The SMILES string of the molecule is c1ccc(-c2cc(-c3ccc(-n4c5ccccc5c5c6c7ccccc7n(-c7ccccc7)c6c6c7ccccc7sc6c54)cc3)cc(-c3ccccc3)n2)cc1. The molecule has 266 valence electrons. The fourth-order valence-corrected chi connectivity index (χ4v) is 10.3. The molecule has 0 atom stereocenters. The van der Waals surface area contributed by atoms with Crippen LogP contribution < -0.4 is 0 Å². The zero-order valence-electron chi connectivity index (χ0n) is 30.8. The van der Waals surface area contributed by atoms with E-state index in [9.17, 15) is 0 Å². The van der Waals surface area contributed by atoms with Crippen LogP contribution in [0.15, 0.2) is 200 Å². The molecule has 0 saturated carbocycles. The van der Waals surface area contributed by atoms with E-state index in [0.29, 0.717) is 0 Å². The van der Waals surface area contributed by atoms with Crippen molar-refractivity contribution in [3.63, 3.8) is 0 Å². The minimum Gasteiger partial charge on any atom is -0.309 e. The average Bonchev–Trinajstić information content (AvgIpc) is 3.95. The molecule has 0 N–H and O–H groups in total. The molecular formula is C53H33N3S. The van der Waals surface area contributed by atoms with Crippen molar-refractivity contribution in [2.24, 2.45) is 0 Å². The molecule has 57 heavy (non-hydrogen) atoms. The van der Waals surface area contributed by atoms with Gasteiger partial charge >= 0.3 is 0 Å². The molecule has 4 heterocycles. The van der Waals surface area contributed by atoms with Crippen molar-refractivity contribution in [3.8, 4) is 45.0 Å². The third-order valence-corrected chi connectivity index (χ3v) is 12.7. The Balaban J connectivity index is 1.15. The first-order chi connectivity index (χ1) is 28.3. The van der Waals surface area contributed by atoms with Crippen molar-refractivity contribution >= 4 is 75.1 Å². The van der Waals surface area contributed by atoms with Crippen molar-refractivity contribution in [3.05, 3.63) is 200 Å². The number of aromatic nitrogens is 3. The summed E-state index contributed by atoms with van der Waals surface area (Å²) in [5.74, 6) is 0. The Morgan fingerprint density at radius 3 is 1.44 bits per heavy atom. The van der Waals surface area contributed by atoms with Gasteiger partial charge in [0, 0.05) is 59.5 Å². The van der Waals surface area contributed by atoms with E-state index in [0.717, 1.165) is 39.3 Å². The summed E-state index contributed by atoms with van der Waals surface area (Å²) >= 11 is 1.90. The Labute approximate surface area is 333 Å². The number of hydrogen-bond acceptors (Lipinski definition) is 2. The monoisotopic (exact) mass is 743 g/mol. The second kappa shape index (κ2) is 12.6. The van der Waals surface area contributed by atoms with E-state index < -0.39 is 0 Å². The fourth-order valence-electron chi connectivity index (χ4n) is 9.01. The smallest absolute Gasteiger partial charge is 0.0727 e. The molecule has 0 spiro atoms. The van der Waals surface area contributed by atoms with Crippen LogP contribution in [-0.4, -0.2) is 14.1 Å². The zero-order valence-corrected chi connectivity index (χ0v) is 31.6. The lowest BCUT2D eigenvalue weighted by Gasteiger charge is -2.13. The molecule has 0 amide bonds. The summed E-state index contributed by atoms with van der Waals surface area (Å²) in [4.78, 5) is 5.14. The normalized spacial score (nSPS) is 11.9. The molecular weight excluding hydrogens is 711 g/mol. The lowest BCUT2D eigenvalue weighted by atomic mass is 9.99. The number of nitrogens with zero attached hydrogens (tertiary/aromatic N) is 3. The van der Waals surface area contributed by atoms with Crippen LogP contribution in [0.4, 0.5) is 0 Å². The van der Waals surface area contributed by atoms with E-state index in [1.807, 2.05) is 11.3 Å². The topological polar surface area (TPSA) is 22.8 Å². The number of fused-ring (bicyclic) bond motifs is 12. The molecule has 0 aliphatic carbocycles.